The number of ether oxygens (including phenoxy) is 2. The van der Waals surface area contributed by atoms with Gasteiger partial charge in [-0.15, -0.1) is 0 Å². The van der Waals surface area contributed by atoms with Crippen LogP contribution in [0.15, 0.2) is 96.2 Å². The molecule has 1 atom stereocenters. The zero-order valence-electron chi connectivity index (χ0n) is 21.7. The van der Waals surface area contributed by atoms with Crippen molar-refractivity contribution in [2.45, 2.75) is 39.3 Å². The molecule has 0 spiro atoms. The Morgan fingerprint density at radius 1 is 0.921 bits per heavy atom. The Morgan fingerprint density at radius 2 is 1.55 bits per heavy atom. The second-order valence-corrected chi connectivity index (χ2v) is 9.06. The van der Waals surface area contributed by atoms with Crippen LogP contribution in [-0.2, 0) is 32.3 Å². The zero-order chi connectivity index (χ0) is 26.9. The summed E-state index contributed by atoms with van der Waals surface area (Å²) in [6, 6.07) is 26.8. The van der Waals surface area contributed by atoms with Crippen molar-refractivity contribution >= 4 is 17.8 Å². The van der Waals surface area contributed by atoms with Crippen LogP contribution in [0.2, 0.25) is 0 Å². The third kappa shape index (κ3) is 6.68. The van der Waals surface area contributed by atoms with Gasteiger partial charge in [0.25, 0.3) is 0 Å². The molecule has 0 aliphatic carbocycles. The molecule has 0 saturated heterocycles. The highest BCUT2D eigenvalue weighted by molar-refractivity contribution is 5.97. The molecule has 196 valence electrons. The molecule has 1 unspecified atom stereocenters. The van der Waals surface area contributed by atoms with Crippen molar-refractivity contribution < 1.29 is 23.9 Å². The average Bonchev–Trinajstić information content (AvgIpc) is 2.94. The van der Waals surface area contributed by atoms with Crippen LogP contribution in [0, 0.1) is 0 Å². The van der Waals surface area contributed by atoms with Gasteiger partial charge in [0.15, 0.2) is 0 Å². The number of nitrogens with one attached hydrogen (secondary N) is 1. The second kappa shape index (κ2) is 12.7. The summed E-state index contributed by atoms with van der Waals surface area (Å²) in [5.41, 5.74) is 3.65. The maximum atomic E-state index is 13.2. The lowest BCUT2D eigenvalue weighted by Crippen LogP contribution is -2.44. The van der Waals surface area contributed by atoms with Crippen LogP contribution in [0.25, 0.3) is 0 Å². The Balaban J connectivity index is 1.50. The molecule has 38 heavy (non-hydrogen) atoms. The first-order valence-electron chi connectivity index (χ1n) is 12.7. The Bertz CT molecular complexity index is 1290. The van der Waals surface area contributed by atoms with Gasteiger partial charge in [0, 0.05) is 24.6 Å². The van der Waals surface area contributed by atoms with E-state index in [-0.39, 0.29) is 31.4 Å². The van der Waals surface area contributed by atoms with Gasteiger partial charge in [0.1, 0.15) is 18.9 Å². The Labute approximate surface area is 223 Å². The fourth-order valence-electron chi connectivity index (χ4n) is 4.49. The molecule has 3 aromatic rings. The number of allylic oxidation sites excluding steroid dienone is 1. The number of carbonyl (C=O) groups excluding carboxylic acids is 3. The minimum Gasteiger partial charge on any atom is -0.489 e. The van der Waals surface area contributed by atoms with Crippen LogP contribution in [0.5, 0.6) is 5.75 Å². The van der Waals surface area contributed by atoms with E-state index >= 15 is 0 Å². The van der Waals surface area contributed by atoms with Gasteiger partial charge in [0.05, 0.1) is 12.2 Å². The summed E-state index contributed by atoms with van der Waals surface area (Å²) in [6.07, 6.45) is 0.0572. The van der Waals surface area contributed by atoms with Gasteiger partial charge < -0.3 is 19.7 Å². The van der Waals surface area contributed by atoms with Crippen LogP contribution in [0.1, 0.15) is 42.9 Å². The van der Waals surface area contributed by atoms with Crippen LogP contribution >= 0.6 is 0 Å². The summed E-state index contributed by atoms with van der Waals surface area (Å²) in [5, 5.41) is 2.84. The SMILES string of the molecule is CCOC(=O)C1=C(C)N(CC(=O)NCc2ccccc2)C(=O)CC1c1ccc(OCc2ccccc2)cc1. The quantitative estimate of drug-likeness (QED) is 0.397. The minimum absolute atomic E-state index is 0.0572. The van der Waals surface area contributed by atoms with Crippen molar-refractivity contribution in [3.05, 3.63) is 113 Å². The summed E-state index contributed by atoms with van der Waals surface area (Å²) in [6.45, 7) is 4.27. The van der Waals surface area contributed by atoms with E-state index in [1.54, 1.807) is 13.8 Å². The number of esters is 1. The van der Waals surface area contributed by atoms with Gasteiger partial charge in [-0.25, -0.2) is 4.79 Å². The number of hydrogen-bond acceptors (Lipinski definition) is 5. The predicted octanol–water partition coefficient (Wildman–Crippen LogP) is 4.74. The number of benzene rings is 3. The Morgan fingerprint density at radius 3 is 2.18 bits per heavy atom. The first-order valence-corrected chi connectivity index (χ1v) is 12.7. The topological polar surface area (TPSA) is 84.9 Å². The van der Waals surface area contributed by atoms with E-state index in [4.69, 9.17) is 9.47 Å². The molecule has 3 aromatic carbocycles. The molecule has 1 aliphatic heterocycles. The fraction of sp³-hybridized carbons (Fsp3) is 0.258. The standard InChI is InChI=1S/C31H32N2O5/c1-3-37-31(36)30-22(2)33(20-28(34)32-19-23-10-6-4-7-11-23)29(35)18-27(30)25-14-16-26(17-15-25)38-21-24-12-8-5-9-13-24/h4-17,27H,3,18-21H2,1-2H3,(H,32,34). The highest BCUT2D eigenvalue weighted by Gasteiger charge is 2.37. The summed E-state index contributed by atoms with van der Waals surface area (Å²) in [5.74, 6) is -0.798. The van der Waals surface area contributed by atoms with Gasteiger partial charge in [-0.1, -0.05) is 72.8 Å². The van der Waals surface area contributed by atoms with Gasteiger partial charge >= 0.3 is 5.97 Å². The molecule has 1 heterocycles. The van der Waals surface area contributed by atoms with E-state index in [2.05, 4.69) is 5.32 Å². The third-order valence-electron chi connectivity index (χ3n) is 6.48. The number of nitrogens with zero attached hydrogens (tertiary/aromatic N) is 1. The smallest absolute Gasteiger partial charge is 0.336 e. The Hall–Kier alpha value is -4.39. The summed E-state index contributed by atoms with van der Waals surface area (Å²) in [4.78, 5) is 40.3. The van der Waals surface area contributed by atoms with Gasteiger partial charge in [0.2, 0.25) is 11.8 Å². The summed E-state index contributed by atoms with van der Waals surface area (Å²) < 4.78 is 11.2. The summed E-state index contributed by atoms with van der Waals surface area (Å²) in [7, 11) is 0. The van der Waals surface area contributed by atoms with Crippen molar-refractivity contribution in [2.75, 3.05) is 13.2 Å². The number of amides is 2. The molecule has 0 saturated carbocycles. The van der Waals surface area contributed by atoms with Crippen LogP contribution in [-0.4, -0.2) is 35.8 Å². The van der Waals surface area contributed by atoms with Crippen LogP contribution in [0.3, 0.4) is 0 Å². The lowest BCUT2D eigenvalue weighted by molar-refractivity contribution is -0.141. The first kappa shape index (κ1) is 26.7. The molecule has 0 bridgehead atoms. The van der Waals surface area contributed by atoms with E-state index in [9.17, 15) is 14.4 Å². The number of hydrogen-bond donors (Lipinski definition) is 1. The average molecular weight is 513 g/mol. The van der Waals surface area contributed by atoms with Crippen molar-refractivity contribution in [3.63, 3.8) is 0 Å². The molecular formula is C31H32N2O5. The molecular weight excluding hydrogens is 480 g/mol. The van der Waals surface area contributed by atoms with E-state index in [1.165, 1.54) is 4.90 Å². The van der Waals surface area contributed by atoms with Crippen molar-refractivity contribution in [1.82, 2.24) is 10.2 Å². The van der Waals surface area contributed by atoms with E-state index < -0.39 is 11.9 Å². The molecule has 4 rings (SSSR count). The van der Waals surface area contributed by atoms with E-state index in [1.807, 2.05) is 84.9 Å². The Kier molecular flexibility index (Phi) is 8.93. The maximum Gasteiger partial charge on any atom is 0.336 e. The largest absolute Gasteiger partial charge is 0.489 e. The molecule has 0 fully saturated rings. The van der Waals surface area contributed by atoms with Gasteiger partial charge in [-0.05, 0) is 42.7 Å². The number of rotatable bonds is 10. The van der Waals surface area contributed by atoms with Gasteiger partial charge in [-0.2, -0.15) is 0 Å². The maximum absolute atomic E-state index is 13.2. The monoisotopic (exact) mass is 512 g/mol. The van der Waals surface area contributed by atoms with Gasteiger partial charge in [-0.3, -0.25) is 9.59 Å². The second-order valence-electron chi connectivity index (χ2n) is 9.06. The molecule has 7 heteroatoms. The molecule has 1 N–H and O–H groups in total. The van der Waals surface area contributed by atoms with Crippen LogP contribution < -0.4 is 10.1 Å². The van der Waals surface area contributed by atoms with E-state index in [0.29, 0.717) is 30.2 Å². The normalized spacial score (nSPS) is 15.3. The highest BCUT2D eigenvalue weighted by atomic mass is 16.5. The lowest BCUT2D eigenvalue weighted by atomic mass is 9.83. The lowest BCUT2D eigenvalue weighted by Gasteiger charge is -2.34. The van der Waals surface area contributed by atoms with Crippen LogP contribution in [0.4, 0.5) is 0 Å². The third-order valence-corrected chi connectivity index (χ3v) is 6.48. The molecule has 2 amide bonds. The fourth-order valence-corrected chi connectivity index (χ4v) is 4.49. The molecule has 1 aliphatic rings. The van der Waals surface area contributed by atoms with Crippen molar-refractivity contribution in [2.24, 2.45) is 0 Å². The number of carbonyl (C=O) groups is 3. The van der Waals surface area contributed by atoms with Crippen molar-refractivity contribution in [3.8, 4) is 5.75 Å². The molecule has 7 nitrogen and oxygen atoms in total. The highest BCUT2D eigenvalue weighted by Crippen LogP contribution is 2.37. The predicted molar refractivity (Wildman–Crippen MR) is 144 cm³/mol. The zero-order valence-corrected chi connectivity index (χ0v) is 21.7. The minimum atomic E-state index is -0.485. The first-order chi connectivity index (χ1) is 18.5. The summed E-state index contributed by atoms with van der Waals surface area (Å²) >= 11 is 0. The molecule has 0 aromatic heterocycles. The van der Waals surface area contributed by atoms with E-state index in [0.717, 1.165) is 16.7 Å². The molecule has 0 radical (unpaired) electrons. The van der Waals surface area contributed by atoms with Crippen molar-refractivity contribution in [1.29, 1.82) is 0 Å².